The molecule has 0 aromatic carbocycles. The van der Waals surface area contributed by atoms with Crippen LogP contribution in [-0.2, 0) is 0 Å². The van der Waals surface area contributed by atoms with Crippen LogP contribution in [0.5, 0.6) is 0 Å². The van der Waals surface area contributed by atoms with E-state index in [1.54, 1.807) is 12.4 Å². The monoisotopic (exact) mass is 236 g/mol. The second-order valence-corrected chi connectivity index (χ2v) is 4.57. The van der Waals surface area contributed by atoms with Crippen molar-refractivity contribution in [3.05, 3.63) is 18.0 Å². The van der Waals surface area contributed by atoms with Crippen molar-refractivity contribution in [1.29, 1.82) is 0 Å². The third-order valence-electron chi connectivity index (χ3n) is 3.37. The Balaban J connectivity index is 2.06. The molecule has 0 aliphatic heterocycles. The molecule has 1 aromatic rings. The lowest BCUT2D eigenvalue weighted by Gasteiger charge is -2.28. The van der Waals surface area contributed by atoms with E-state index < -0.39 is 0 Å². The largest absolute Gasteiger partial charge is 0.336 e. The zero-order chi connectivity index (χ0) is 12.1. The molecule has 1 aliphatic rings. The smallest absolute Gasteiger partial charge is 0.257 e. The van der Waals surface area contributed by atoms with Gasteiger partial charge in [0, 0.05) is 18.8 Å². The average molecular weight is 236 g/mol. The molecule has 0 saturated heterocycles. The molecule has 94 valence electrons. The highest BCUT2D eigenvalue weighted by atomic mass is 16.2. The first-order valence-corrected chi connectivity index (χ1v) is 6.32. The van der Waals surface area contributed by atoms with E-state index in [0.717, 1.165) is 25.8 Å². The van der Waals surface area contributed by atoms with Crippen LogP contribution in [0.1, 0.15) is 42.5 Å². The fourth-order valence-electron chi connectivity index (χ4n) is 2.46. The molecule has 5 heteroatoms. The zero-order valence-corrected chi connectivity index (χ0v) is 10.1. The van der Waals surface area contributed by atoms with Crippen LogP contribution in [0.3, 0.4) is 0 Å². The van der Waals surface area contributed by atoms with Crippen molar-refractivity contribution < 1.29 is 4.79 Å². The second kappa shape index (κ2) is 5.82. The van der Waals surface area contributed by atoms with Gasteiger partial charge >= 0.3 is 0 Å². The summed E-state index contributed by atoms with van der Waals surface area (Å²) in [6.45, 7) is 1.38. The predicted molar refractivity (Wildman–Crippen MR) is 65.6 cm³/mol. The van der Waals surface area contributed by atoms with E-state index in [0.29, 0.717) is 18.2 Å². The molecular weight excluding hydrogens is 216 g/mol. The maximum Gasteiger partial charge on any atom is 0.257 e. The average Bonchev–Trinajstić information content (AvgIpc) is 3.02. The number of amides is 1. The Hall–Kier alpha value is -1.36. The highest BCUT2D eigenvalue weighted by Crippen LogP contribution is 2.24. The van der Waals surface area contributed by atoms with Crippen LogP contribution in [0.25, 0.3) is 0 Å². The van der Waals surface area contributed by atoms with Gasteiger partial charge < -0.3 is 10.6 Å². The number of aromatic nitrogens is 2. The van der Waals surface area contributed by atoms with Crippen LogP contribution in [0.15, 0.2) is 12.4 Å². The topological polar surface area (TPSA) is 75.0 Å². The summed E-state index contributed by atoms with van der Waals surface area (Å²) in [6, 6.07) is 0.393. The van der Waals surface area contributed by atoms with Crippen molar-refractivity contribution >= 4 is 5.91 Å². The van der Waals surface area contributed by atoms with Gasteiger partial charge in [0.1, 0.15) is 0 Å². The molecule has 0 unspecified atom stereocenters. The molecule has 3 N–H and O–H groups in total. The highest BCUT2D eigenvalue weighted by Gasteiger charge is 2.27. The van der Waals surface area contributed by atoms with Crippen LogP contribution < -0.4 is 5.73 Å². The molecule has 0 radical (unpaired) electrons. The Morgan fingerprint density at radius 3 is 2.88 bits per heavy atom. The predicted octanol–water partition coefficient (Wildman–Crippen LogP) is 1.14. The van der Waals surface area contributed by atoms with Gasteiger partial charge in [0.15, 0.2) is 0 Å². The molecule has 0 spiro atoms. The second-order valence-electron chi connectivity index (χ2n) is 4.57. The van der Waals surface area contributed by atoms with Crippen molar-refractivity contribution in [3.8, 4) is 0 Å². The summed E-state index contributed by atoms with van der Waals surface area (Å²) >= 11 is 0. The van der Waals surface area contributed by atoms with Crippen LogP contribution >= 0.6 is 0 Å². The van der Waals surface area contributed by atoms with Gasteiger partial charge in [-0.3, -0.25) is 9.89 Å². The lowest BCUT2D eigenvalue weighted by atomic mass is 10.1. The third kappa shape index (κ3) is 2.85. The van der Waals surface area contributed by atoms with E-state index in [2.05, 4.69) is 10.2 Å². The van der Waals surface area contributed by atoms with Crippen molar-refractivity contribution in [3.63, 3.8) is 0 Å². The molecule has 5 nitrogen and oxygen atoms in total. The van der Waals surface area contributed by atoms with Crippen LogP contribution in [-0.4, -0.2) is 40.1 Å². The number of rotatable bonds is 5. The quantitative estimate of drug-likeness (QED) is 0.805. The van der Waals surface area contributed by atoms with E-state index >= 15 is 0 Å². The molecule has 1 saturated carbocycles. The molecule has 1 heterocycles. The van der Waals surface area contributed by atoms with E-state index in [9.17, 15) is 4.79 Å². The zero-order valence-electron chi connectivity index (χ0n) is 10.1. The van der Waals surface area contributed by atoms with Crippen molar-refractivity contribution in [2.24, 2.45) is 5.73 Å². The van der Waals surface area contributed by atoms with Crippen LogP contribution in [0, 0.1) is 0 Å². The molecular formula is C12H20N4O. The van der Waals surface area contributed by atoms with E-state index in [1.165, 1.54) is 12.8 Å². The number of nitrogens with two attached hydrogens (primary N) is 1. The summed E-state index contributed by atoms with van der Waals surface area (Å²) in [5, 5.41) is 6.53. The van der Waals surface area contributed by atoms with Crippen LogP contribution in [0.4, 0.5) is 0 Å². The number of nitrogens with zero attached hydrogens (tertiary/aromatic N) is 2. The molecule has 1 fully saturated rings. The Kier molecular flexibility index (Phi) is 4.14. The molecule has 0 atom stereocenters. The van der Waals surface area contributed by atoms with E-state index in [1.807, 2.05) is 4.90 Å². The summed E-state index contributed by atoms with van der Waals surface area (Å²) in [7, 11) is 0. The first-order chi connectivity index (χ1) is 8.33. The van der Waals surface area contributed by atoms with Crippen molar-refractivity contribution in [2.75, 3.05) is 13.1 Å². The van der Waals surface area contributed by atoms with Gasteiger partial charge in [0.25, 0.3) is 5.91 Å². The van der Waals surface area contributed by atoms with E-state index in [-0.39, 0.29) is 5.91 Å². The van der Waals surface area contributed by atoms with Gasteiger partial charge in [0.05, 0.1) is 11.8 Å². The summed E-state index contributed by atoms with van der Waals surface area (Å²) in [5.74, 6) is 0.0825. The lowest BCUT2D eigenvalue weighted by molar-refractivity contribution is 0.0680. The number of carbonyl (C=O) groups excluding carboxylic acids is 1. The number of aromatic amines is 1. The standard InChI is InChI=1S/C12H20N4O/c13-6-3-7-16(11-4-1-2-5-11)12(17)10-8-14-15-9-10/h8-9,11H,1-7,13H2,(H,14,15). The SMILES string of the molecule is NCCCN(C(=O)c1cn[nH]c1)C1CCCC1. The third-order valence-corrected chi connectivity index (χ3v) is 3.37. The molecule has 1 aliphatic carbocycles. The van der Waals surface area contributed by atoms with Gasteiger partial charge in [-0.1, -0.05) is 12.8 Å². The van der Waals surface area contributed by atoms with Crippen molar-refractivity contribution in [1.82, 2.24) is 15.1 Å². The first-order valence-electron chi connectivity index (χ1n) is 6.32. The van der Waals surface area contributed by atoms with Gasteiger partial charge in [-0.2, -0.15) is 5.10 Å². The minimum atomic E-state index is 0.0825. The molecule has 0 bridgehead atoms. The van der Waals surface area contributed by atoms with Gasteiger partial charge in [-0.25, -0.2) is 0 Å². The molecule has 1 amide bonds. The van der Waals surface area contributed by atoms with Crippen LogP contribution in [0.2, 0.25) is 0 Å². The minimum absolute atomic E-state index is 0.0825. The maximum absolute atomic E-state index is 12.3. The first kappa shape index (κ1) is 12.1. The number of hydrogen-bond acceptors (Lipinski definition) is 3. The minimum Gasteiger partial charge on any atom is -0.336 e. The number of nitrogens with one attached hydrogen (secondary N) is 1. The maximum atomic E-state index is 12.3. The number of hydrogen-bond donors (Lipinski definition) is 2. The fourth-order valence-corrected chi connectivity index (χ4v) is 2.46. The molecule has 1 aromatic heterocycles. The number of carbonyl (C=O) groups is 1. The molecule has 2 rings (SSSR count). The number of H-pyrrole nitrogens is 1. The summed E-state index contributed by atoms with van der Waals surface area (Å²) in [6.07, 6.45) is 8.80. The molecule has 17 heavy (non-hydrogen) atoms. The summed E-state index contributed by atoms with van der Waals surface area (Å²) in [4.78, 5) is 14.3. The Morgan fingerprint density at radius 1 is 1.53 bits per heavy atom. The Bertz CT molecular complexity index is 343. The lowest BCUT2D eigenvalue weighted by Crippen LogP contribution is -2.40. The Labute approximate surface area is 101 Å². The van der Waals surface area contributed by atoms with E-state index in [4.69, 9.17) is 5.73 Å². The summed E-state index contributed by atoms with van der Waals surface area (Å²) in [5.41, 5.74) is 6.18. The van der Waals surface area contributed by atoms with Gasteiger partial charge in [-0.05, 0) is 25.8 Å². The van der Waals surface area contributed by atoms with Gasteiger partial charge in [0.2, 0.25) is 0 Å². The van der Waals surface area contributed by atoms with Gasteiger partial charge in [-0.15, -0.1) is 0 Å². The van der Waals surface area contributed by atoms with Crippen molar-refractivity contribution in [2.45, 2.75) is 38.1 Å². The Morgan fingerprint density at radius 2 is 2.29 bits per heavy atom. The highest BCUT2D eigenvalue weighted by molar-refractivity contribution is 5.93. The summed E-state index contributed by atoms with van der Waals surface area (Å²) < 4.78 is 0. The fraction of sp³-hybridized carbons (Fsp3) is 0.667. The normalized spacial score (nSPS) is 16.3.